The summed E-state index contributed by atoms with van der Waals surface area (Å²) in [6.07, 6.45) is 2.59. The molecule has 0 aliphatic rings. The van der Waals surface area contributed by atoms with Gasteiger partial charge in [0.05, 0.1) is 0 Å². The van der Waals surface area contributed by atoms with Gasteiger partial charge in [-0.25, -0.2) is 0 Å². The third kappa shape index (κ3) is 6.91. The lowest BCUT2D eigenvalue weighted by Crippen LogP contribution is -2.27. The molecule has 1 rings (SSSR count). The zero-order valence-electron chi connectivity index (χ0n) is 12.1. The van der Waals surface area contributed by atoms with Crippen LogP contribution in [0.3, 0.4) is 0 Å². The number of hydrogen-bond acceptors (Lipinski definition) is 2. The van der Waals surface area contributed by atoms with E-state index in [2.05, 4.69) is 60.0 Å². The van der Waals surface area contributed by atoms with Gasteiger partial charge in [0.2, 0.25) is 0 Å². The maximum absolute atomic E-state index is 3.54. The third-order valence-corrected chi connectivity index (χ3v) is 4.73. The summed E-state index contributed by atoms with van der Waals surface area (Å²) < 4.78 is 1.22. The minimum atomic E-state index is 0.793. The smallest absolute Gasteiger partial charge is 0.0328 e. The van der Waals surface area contributed by atoms with Crippen LogP contribution in [0.2, 0.25) is 0 Å². The van der Waals surface area contributed by atoms with Crippen molar-refractivity contribution in [3.05, 3.63) is 20.8 Å². The van der Waals surface area contributed by atoms with Gasteiger partial charge in [-0.3, -0.25) is 4.90 Å². The van der Waals surface area contributed by atoms with E-state index in [0.717, 1.165) is 18.4 Å². The Morgan fingerprint density at radius 3 is 2.06 bits per heavy atom. The zero-order chi connectivity index (χ0) is 13.5. The first-order valence-electron chi connectivity index (χ1n) is 6.92. The average molecular weight is 332 g/mol. The molecule has 1 nitrogen and oxygen atoms in total. The third-order valence-electron chi connectivity index (χ3n) is 3.05. The highest BCUT2D eigenvalue weighted by molar-refractivity contribution is 9.10. The number of nitrogens with zero attached hydrogens (tertiary/aromatic N) is 1. The minimum Gasteiger partial charge on any atom is -0.298 e. The lowest BCUT2D eigenvalue weighted by molar-refractivity contribution is 0.237. The number of hydrogen-bond donors (Lipinski definition) is 0. The van der Waals surface area contributed by atoms with Crippen molar-refractivity contribution in [2.75, 3.05) is 13.1 Å². The Labute approximate surface area is 125 Å². The van der Waals surface area contributed by atoms with Gasteiger partial charge in [0, 0.05) is 21.3 Å². The Morgan fingerprint density at radius 2 is 1.67 bits per heavy atom. The van der Waals surface area contributed by atoms with Gasteiger partial charge in [0.15, 0.2) is 0 Å². The molecule has 1 aromatic rings. The molecule has 0 atom stereocenters. The fourth-order valence-electron chi connectivity index (χ4n) is 1.81. The maximum atomic E-state index is 3.54. The van der Waals surface area contributed by atoms with E-state index in [1.807, 2.05) is 11.3 Å². The SMILES string of the molecule is CC(C)CCN(CCC(C)C)Cc1cc(Br)cs1. The Balaban J connectivity index is 2.47. The van der Waals surface area contributed by atoms with Crippen LogP contribution in [0.4, 0.5) is 0 Å². The van der Waals surface area contributed by atoms with Gasteiger partial charge in [-0.15, -0.1) is 11.3 Å². The molecule has 0 amide bonds. The standard InChI is InChI=1S/C15H26BrNS/c1-12(2)5-7-17(8-6-13(3)4)10-15-9-14(16)11-18-15/h9,11-13H,5-8,10H2,1-4H3. The largest absolute Gasteiger partial charge is 0.298 e. The second-order valence-corrected chi connectivity index (χ2v) is 7.78. The quantitative estimate of drug-likeness (QED) is 0.616. The van der Waals surface area contributed by atoms with Crippen molar-refractivity contribution in [2.45, 2.75) is 47.1 Å². The summed E-state index contributed by atoms with van der Waals surface area (Å²) in [5.41, 5.74) is 0. The molecule has 1 heterocycles. The molecule has 0 N–H and O–H groups in total. The highest BCUT2D eigenvalue weighted by Crippen LogP contribution is 2.22. The molecular formula is C15H26BrNS. The van der Waals surface area contributed by atoms with E-state index in [1.165, 1.54) is 35.3 Å². The minimum absolute atomic E-state index is 0.793. The van der Waals surface area contributed by atoms with Crippen LogP contribution in [0.5, 0.6) is 0 Å². The lowest BCUT2D eigenvalue weighted by Gasteiger charge is -2.23. The van der Waals surface area contributed by atoms with Crippen LogP contribution in [0, 0.1) is 11.8 Å². The summed E-state index contributed by atoms with van der Waals surface area (Å²) >= 11 is 5.40. The van der Waals surface area contributed by atoms with Crippen molar-refractivity contribution >= 4 is 27.3 Å². The first-order chi connectivity index (χ1) is 8.47. The van der Waals surface area contributed by atoms with Crippen LogP contribution in [0.25, 0.3) is 0 Å². The highest BCUT2D eigenvalue weighted by atomic mass is 79.9. The Kier molecular flexibility index (Phi) is 7.50. The molecule has 104 valence electrons. The van der Waals surface area contributed by atoms with Gasteiger partial charge < -0.3 is 0 Å². The monoisotopic (exact) mass is 331 g/mol. The van der Waals surface area contributed by atoms with Gasteiger partial charge >= 0.3 is 0 Å². The van der Waals surface area contributed by atoms with E-state index in [1.54, 1.807) is 0 Å². The lowest BCUT2D eigenvalue weighted by atomic mass is 10.1. The van der Waals surface area contributed by atoms with Gasteiger partial charge in [0.1, 0.15) is 0 Å². The number of thiophene rings is 1. The molecule has 0 saturated carbocycles. The van der Waals surface area contributed by atoms with Crippen molar-refractivity contribution in [2.24, 2.45) is 11.8 Å². The van der Waals surface area contributed by atoms with Crippen LogP contribution in [0.15, 0.2) is 15.9 Å². The molecule has 0 bridgehead atoms. The molecule has 0 aliphatic carbocycles. The molecule has 18 heavy (non-hydrogen) atoms. The van der Waals surface area contributed by atoms with Gasteiger partial charge in [-0.05, 0) is 59.8 Å². The van der Waals surface area contributed by atoms with E-state index in [9.17, 15) is 0 Å². The summed E-state index contributed by atoms with van der Waals surface area (Å²) in [5, 5.41) is 2.18. The molecule has 0 unspecified atom stereocenters. The van der Waals surface area contributed by atoms with Crippen LogP contribution in [0.1, 0.15) is 45.4 Å². The van der Waals surface area contributed by atoms with Gasteiger partial charge in [-0.1, -0.05) is 27.7 Å². The summed E-state index contributed by atoms with van der Waals surface area (Å²) in [4.78, 5) is 4.08. The van der Waals surface area contributed by atoms with Crippen molar-refractivity contribution in [1.29, 1.82) is 0 Å². The molecule has 0 saturated heterocycles. The molecule has 0 aromatic carbocycles. The summed E-state index contributed by atoms with van der Waals surface area (Å²) in [6.45, 7) is 12.8. The molecular weight excluding hydrogens is 306 g/mol. The predicted octanol–water partition coefficient (Wildman–Crippen LogP) is 5.40. The number of halogens is 1. The zero-order valence-corrected chi connectivity index (χ0v) is 14.5. The molecule has 0 spiro atoms. The van der Waals surface area contributed by atoms with Crippen molar-refractivity contribution in [3.63, 3.8) is 0 Å². The molecule has 1 aromatic heterocycles. The Morgan fingerprint density at radius 1 is 1.11 bits per heavy atom. The molecule has 3 heteroatoms. The fourth-order valence-corrected chi connectivity index (χ4v) is 3.30. The van der Waals surface area contributed by atoms with E-state index in [0.29, 0.717) is 0 Å². The van der Waals surface area contributed by atoms with Crippen LogP contribution in [-0.2, 0) is 6.54 Å². The second kappa shape index (κ2) is 8.34. The van der Waals surface area contributed by atoms with Crippen LogP contribution in [-0.4, -0.2) is 18.0 Å². The van der Waals surface area contributed by atoms with Gasteiger partial charge in [0.25, 0.3) is 0 Å². The Hall–Kier alpha value is 0.140. The first-order valence-corrected chi connectivity index (χ1v) is 8.60. The Bertz CT molecular complexity index is 321. The number of rotatable bonds is 8. The summed E-state index contributed by atoms with van der Waals surface area (Å²) in [7, 11) is 0. The molecule has 0 radical (unpaired) electrons. The maximum Gasteiger partial charge on any atom is 0.0328 e. The van der Waals surface area contributed by atoms with Crippen molar-refractivity contribution in [1.82, 2.24) is 4.90 Å². The van der Waals surface area contributed by atoms with Crippen LogP contribution >= 0.6 is 27.3 Å². The van der Waals surface area contributed by atoms with Crippen LogP contribution < -0.4 is 0 Å². The second-order valence-electron chi connectivity index (χ2n) is 5.87. The summed E-state index contributed by atoms with van der Waals surface area (Å²) in [5.74, 6) is 1.59. The van der Waals surface area contributed by atoms with Crippen molar-refractivity contribution < 1.29 is 0 Å². The fraction of sp³-hybridized carbons (Fsp3) is 0.733. The van der Waals surface area contributed by atoms with E-state index in [-0.39, 0.29) is 0 Å². The van der Waals surface area contributed by atoms with E-state index >= 15 is 0 Å². The summed E-state index contributed by atoms with van der Waals surface area (Å²) in [6, 6.07) is 2.25. The van der Waals surface area contributed by atoms with E-state index < -0.39 is 0 Å². The predicted molar refractivity (Wildman–Crippen MR) is 86.2 cm³/mol. The normalized spacial score (nSPS) is 12.0. The molecule has 0 aliphatic heterocycles. The first kappa shape index (κ1) is 16.2. The van der Waals surface area contributed by atoms with E-state index in [4.69, 9.17) is 0 Å². The average Bonchev–Trinajstić information content (AvgIpc) is 2.67. The topological polar surface area (TPSA) is 3.24 Å². The van der Waals surface area contributed by atoms with Crippen molar-refractivity contribution in [3.8, 4) is 0 Å². The molecule has 0 fully saturated rings. The van der Waals surface area contributed by atoms with Gasteiger partial charge in [-0.2, -0.15) is 0 Å². The highest BCUT2D eigenvalue weighted by Gasteiger charge is 2.09.